The molecule has 0 saturated heterocycles. The van der Waals surface area contributed by atoms with Crippen LogP contribution in [0.5, 0.6) is 5.75 Å². The largest absolute Gasteiger partial charge is 0.482 e. The summed E-state index contributed by atoms with van der Waals surface area (Å²) in [5.41, 5.74) is 3.66. The average molecular weight is 509 g/mol. The number of halogens is 1. The van der Waals surface area contributed by atoms with E-state index in [0.29, 0.717) is 5.56 Å². The molecule has 0 heterocycles. The number of nitro benzene ring substituents is 1. The number of nitro groups is 1. The molecule has 0 fully saturated rings. The maximum Gasteiger partial charge on any atom is 0.311 e. The van der Waals surface area contributed by atoms with Crippen molar-refractivity contribution in [2.45, 2.75) is 26.5 Å². The quantitative estimate of drug-likeness (QED) is 0.233. The van der Waals surface area contributed by atoms with Gasteiger partial charge in [0.25, 0.3) is 11.8 Å². The fourth-order valence-corrected chi connectivity index (χ4v) is 3.48. The molecule has 1 atom stereocenters. The first-order chi connectivity index (χ1) is 17.3. The van der Waals surface area contributed by atoms with Gasteiger partial charge in [0, 0.05) is 11.6 Å². The highest BCUT2D eigenvalue weighted by Crippen LogP contribution is 2.28. The van der Waals surface area contributed by atoms with E-state index >= 15 is 0 Å². The number of rotatable bonds is 10. The summed E-state index contributed by atoms with van der Waals surface area (Å²) in [6, 6.07) is 19.3. The lowest BCUT2D eigenvalue weighted by Gasteiger charge is -2.20. The lowest BCUT2D eigenvalue weighted by Crippen LogP contribution is -2.48. The van der Waals surface area contributed by atoms with Gasteiger partial charge in [-0.1, -0.05) is 67.9 Å². The molecule has 0 saturated carbocycles. The summed E-state index contributed by atoms with van der Waals surface area (Å²) in [5, 5.41) is 18.4. The summed E-state index contributed by atoms with van der Waals surface area (Å²) in [5.74, 6) is -1.15. The Balaban J connectivity index is 1.65. The lowest BCUT2D eigenvalue weighted by atomic mass is 10.0. The predicted octanol–water partition coefficient (Wildman–Crippen LogP) is 4.73. The molecule has 2 N–H and O–H groups in total. The van der Waals surface area contributed by atoms with Gasteiger partial charge in [-0.25, -0.2) is 5.43 Å². The van der Waals surface area contributed by atoms with Gasteiger partial charge >= 0.3 is 5.69 Å². The molecule has 3 aromatic carbocycles. The van der Waals surface area contributed by atoms with E-state index in [1.54, 1.807) is 44.2 Å². The van der Waals surface area contributed by atoms with E-state index in [1.165, 1.54) is 18.3 Å². The summed E-state index contributed by atoms with van der Waals surface area (Å²) in [6.45, 7) is 3.73. The number of carbonyl (C=O) groups excluding carboxylic acids is 2. The Morgan fingerprint density at radius 3 is 2.44 bits per heavy atom. The maximum atomic E-state index is 12.7. The fraction of sp³-hybridized carbons (Fsp3) is 0.192. The fourth-order valence-electron chi connectivity index (χ4n) is 3.25. The molecule has 9 nitrogen and oxygen atoms in total. The van der Waals surface area contributed by atoms with Gasteiger partial charge in [0.2, 0.25) is 0 Å². The van der Waals surface area contributed by atoms with Crippen molar-refractivity contribution in [1.82, 2.24) is 10.7 Å². The minimum Gasteiger partial charge on any atom is -0.482 e. The summed E-state index contributed by atoms with van der Waals surface area (Å²) in [4.78, 5) is 36.2. The Hall–Kier alpha value is -4.24. The number of hydrogen-bond donors (Lipinski definition) is 2. The van der Waals surface area contributed by atoms with Crippen molar-refractivity contribution in [3.63, 3.8) is 0 Å². The molecule has 186 valence electrons. The Morgan fingerprint density at radius 2 is 1.78 bits per heavy atom. The molecule has 0 spiro atoms. The van der Waals surface area contributed by atoms with Crippen LogP contribution in [0.15, 0.2) is 77.9 Å². The molecule has 10 heteroatoms. The number of ether oxygens (including phenoxy) is 1. The number of benzene rings is 3. The normalized spacial score (nSPS) is 11.8. The first kappa shape index (κ1) is 26.4. The van der Waals surface area contributed by atoms with Crippen LogP contribution in [0.25, 0.3) is 0 Å². The van der Waals surface area contributed by atoms with Crippen LogP contribution in [0.3, 0.4) is 0 Å². The van der Waals surface area contributed by atoms with Crippen LogP contribution in [0.1, 0.15) is 35.3 Å². The van der Waals surface area contributed by atoms with E-state index in [-0.39, 0.29) is 34.5 Å². The Morgan fingerprint density at radius 1 is 1.08 bits per heavy atom. The average Bonchev–Trinajstić information content (AvgIpc) is 2.86. The van der Waals surface area contributed by atoms with Gasteiger partial charge in [-0.15, -0.1) is 0 Å². The molecule has 0 aliphatic carbocycles. The minimum atomic E-state index is -0.881. The Bertz CT molecular complexity index is 1260. The van der Waals surface area contributed by atoms with Crippen LogP contribution >= 0.6 is 11.6 Å². The first-order valence-corrected chi connectivity index (χ1v) is 11.5. The highest BCUT2D eigenvalue weighted by Gasteiger charge is 2.25. The van der Waals surface area contributed by atoms with Gasteiger partial charge in [-0.05, 0) is 35.7 Å². The van der Waals surface area contributed by atoms with E-state index < -0.39 is 22.8 Å². The van der Waals surface area contributed by atoms with E-state index in [4.69, 9.17) is 16.3 Å². The van der Waals surface area contributed by atoms with Gasteiger partial charge < -0.3 is 10.1 Å². The van der Waals surface area contributed by atoms with Crippen molar-refractivity contribution in [2.75, 3.05) is 0 Å². The van der Waals surface area contributed by atoms with E-state index in [0.717, 1.165) is 5.56 Å². The SMILES string of the molecule is CC(C)C(NC(=O)c1ccccc1Cl)C(=O)NN=Cc1ccc(OCc2ccccc2)c([N+](=O)[O-])c1. The number of carbonyl (C=O) groups is 2. The summed E-state index contributed by atoms with van der Waals surface area (Å²) >= 11 is 6.07. The van der Waals surface area contributed by atoms with Crippen LogP contribution in [0, 0.1) is 16.0 Å². The molecular formula is C26H25ClN4O5. The summed E-state index contributed by atoms with van der Waals surface area (Å²) in [7, 11) is 0. The van der Waals surface area contributed by atoms with Gasteiger partial charge in [-0.2, -0.15) is 5.10 Å². The van der Waals surface area contributed by atoms with Crippen LogP contribution in [0.2, 0.25) is 5.02 Å². The first-order valence-electron chi connectivity index (χ1n) is 11.1. The third-order valence-electron chi connectivity index (χ3n) is 5.16. The smallest absolute Gasteiger partial charge is 0.311 e. The Labute approximate surface area is 213 Å². The van der Waals surface area contributed by atoms with Crippen molar-refractivity contribution >= 4 is 35.3 Å². The second-order valence-electron chi connectivity index (χ2n) is 8.17. The van der Waals surface area contributed by atoms with Gasteiger partial charge in [0.05, 0.1) is 21.7 Å². The summed E-state index contributed by atoms with van der Waals surface area (Å²) in [6.07, 6.45) is 1.28. The zero-order chi connectivity index (χ0) is 26.1. The maximum absolute atomic E-state index is 12.7. The van der Waals surface area contributed by atoms with Gasteiger partial charge in [0.15, 0.2) is 5.75 Å². The standard InChI is InChI=1S/C26H25ClN4O5/c1-17(2)24(29-25(32)20-10-6-7-11-21(20)27)26(33)30-28-15-19-12-13-23(22(14-19)31(34)35)36-16-18-8-4-3-5-9-18/h3-15,17,24H,16H2,1-2H3,(H,29,32)(H,30,33). The molecule has 2 amide bonds. The number of amides is 2. The molecule has 0 aliphatic rings. The third-order valence-corrected chi connectivity index (χ3v) is 5.49. The second kappa shape index (κ2) is 12.5. The molecule has 3 rings (SSSR count). The molecule has 0 bridgehead atoms. The zero-order valence-corrected chi connectivity index (χ0v) is 20.4. The number of hydrazone groups is 1. The molecule has 3 aromatic rings. The predicted molar refractivity (Wildman–Crippen MR) is 137 cm³/mol. The van der Waals surface area contributed by atoms with Crippen LogP contribution in [-0.4, -0.2) is 29.0 Å². The topological polar surface area (TPSA) is 123 Å². The molecule has 36 heavy (non-hydrogen) atoms. The van der Waals surface area contributed by atoms with Crippen LogP contribution < -0.4 is 15.5 Å². The van der Waals surface area contributed by atoms with Crippen molar-refractivity contribution in [3.8, 4) is 5.75 Å². The van der Waals surface area contributed by atoms with Crippen molar-refractivity contribution in [2.24, 2.45) is 11.0 Å². The number of hydrogen-bond acceptors (Lipinski definition) is 6. The van der Waals surface area contributed by atoms with Crippen LogP contribution in [-0.2, 0) is 11.4 Å². The van der Waals surface area contributed by atoms with Gasteiger partial charge in [-0.3, -0.25) is 19.7 Å². The van der Waals surface area contributed by atoms with E-state index in [1.807, 2.05) is 30.3 Å². The van der Waals surface area contributed by atoms with Gasteiger partial charge in [0.1, 0.15) is 12.6 Å². The van der Waals surface area contributed by atoms with Crippen molar-refractivity contribution in [1.29, 1.82) is 0 Å². The van der Waals surface area contributed by atoms with Crippen LogP contribution in [0.4, 0.5) is 5.69 Å². The van der Waals surface area contributed by atoms with Crippen molar-refractivity contribution in [3.05, 3.63) is 105 Å². The van der Waals surface area contributed by atoms with E-state index in [9.17, 15) is 19.7 Å². The monoisotopic (exact) mass is 508 g/mol. The second-order valence-corrected chi connectivity index (χ2v) is 8.57. The van der Waals surface area contributed by atoms with E-state index in [2.05, 4.69) is 15.8 Å². The van der Waals surface area contributed by atoms with Crippen molar-refractivity contribution < 1.29 is 19.2 Å². The molecule has 0 aromatic heterocycles. The Kier molecular flexibility index (Phi) is 9.13. The molecule has 0 aliphatic heterocycles. The molecule has 1 unspecified atom stereocenters. The third kappa shape index (κ3) is 7.13. The minimum absolute atomic E-state index is 0.118. The lowest BCUT2D eigenvalue weighted by molar-refractivity contribution is -0.385. The highest BCUT2D eigenvalue weighted by atomic mass is 35.5. The summed E-state index contributed by atoms with van der Waals surface area (Å²) < 4.78 is 5.62. The zero-order valence-electron chi connectivity index (χ0n) is 19.7. The number of nitrogens with one attached hydrogen (secondary N) is 2. The number of nitrogens with zero attached hydrogens (tertiary/aromatic N) is 2. The molecular weight excluding hydrogens is 484 g/mol. The highest BCUT2D eigenvalue weighted by molar-refractivity contribution is 6.33. The molecule has 0 radical (unpaired) electrons.